The van der Waals surface area contributed by atoms with Crippen molar-refractivity contribution in [1.29, 1.82) is 5.41 Å². The van der Waals surface area contributed by atoms with Gasteiger partial charge in [-0.2, -0.15) is 0 Å². The second-order valence-electron chi connectivity index (χ2n) is 2.47. The molecule has 0 atom stereocenters. The Morgan fingerprint density at radius 2 is 2.23 bits per heavy atom. The molecular formula is C5H14N4O3S. The average molecular weight is 210 g/mol. The number of nitrogens with one attached hydrogen (secondary N) is 3. The van der Waals surface area contributed by atoms with E-state index in [9.17, 15) is 8.42 Å². The molecule has 0 aromatic carbocycles. The maximum atomic E-state index is 10.6. The van der Waals surface area contributed by atoms with E-state index in [4.69, 9.17) is 16.0 Å². The van der Waals surface area contributed by atoms with Crippen molar-refractivity contribution in [2.45, 2.75) is 6.42 Å². The fourth-order valence-electron chi connectivity index (χ4n) is 0.535. The molecule has 5 N–H and O–H groups in total. The summed E-state index contributed by atoms with van der Waals surface area (Å²) in [6.07, 6.45) is 1.56. The zero-order valence-corrected chi connectivity index (χ0v) is 8.15. The number of hydrazine groups is 1. The number of hydrogen-bond acceptors (Lipinski definition) is 5. The minimum absolute atomic E-state index is 0.0781. The monoisotopic (exact) mass is 210 g/mol. The fraction of sp³-hybridized carbons (Fsp3) is 0.800. The maximum absolute atomic E-state index is 10.6. The van der Waals surface area contributed by atoms with E-state index in [2.05, 4.69) is 11.0 Å². The SMILES string of the molecule is CS(=O)(=O)CCCONNC(=N)N. The summed E-state index contributed by atoms with van der Waals surface area (Å²) in [6.45, 7) is 0.230. The van der Waals surface area contributed by atoms with Crippen LogP contribution in [0.2, 0.25) is 0 Å². The fourth-order valence-corrected chi connectivity index (χ4v) is 1.18. The lowest BCUT2D eigenvalue weighted by Gasteiger charge is -2.05. The Kier molecular flexibility index (Phi) is 5.35. The second kappa shape index (κ2) is 5.73. The van der Waals surface area contributed by atoms with Crippen molar-refractivity contribution >= 4 is 15.8 Å². The molecule has 0 aliphatic carbocycles. The molecule has 0 saturated carbocycles. The van der Waals surface area contributed by atoms with Crippen LogP contribution in [0.15, 0.2) is 0 Å². The highest BCUT2D eigenvalue weighted by molar-refractivity contribution is 7.90. The average Bonchev–Trinajstić information content (AvgIpc) is 1.93. The minimum atomic E-state index is -2.92. The number of nitrogens with two attached hydrogens (primary N) is 1. The van der Waals surface area contributed by atoms with Crippen molar-refractivity contribution in [2.24, 2.45) is 5.73 Å². The van der Waals surface area contributed by atoms with Crippen LogP contribution in [0.3, 0.4) is 0 Å². The first-order valence-corrected chi connectivity index (χ1v) is 5.62. The summed E-state index contributed by atoms with van der Waals surface area (Å²) in [7, 11) is -2.92. The van der Waals surface area contributed by atoms with Crippen LogP contribution in [0.5, 0.6) is 0 Å². The van der Waals surface area contributed by atoms with Gasteiger partial charge in [0.25, 0.3) is 0 Å². The van der Waals surface area contributed by atoms with Crippen molar-refractivity contribution in [3.8, 4) is 0 Å². The topological polar surface area (TPSA) is 117 Å². The molecule has 8 heteroatoms. The summed E-state index contributed by atoms with van der Waals surface area (Å²) >= 11 is 0. The Labute approximate surface area is 77.0 Å². The van der Waals surface area contributed by atoms with Gasteiger partial charge in [-0.05, 0) is 6.42 Å². The van der Waals surface area contributed by atoms with Gasteiger partial charge in [-0.15, -0.1) is 5.59 Å². The summed E-state index contributed by atoms with van der Waals surface area (Å²) in [5, 5.41) is 6.70. The first kappa shape index (κ1) is 12.1. The quantitative estimate of drug-likeness (QED) is 0.180. The molecule has 0 rings (SSSR count). The van der Waals surface area contributed by atoms with Crippen LogP contribution in [-0.4, -0.2) is 33.0 Å². The highest BCUT2D eigenvalue weighted by Crippen LogP contribution is 1.87. The summed E-state index contributed by atoms with van der Waals surface area (Å²) < 4.78 is 21.3. The van der Waals surface area contributed by atoms with Gasteiger partial charge in [-0.3, -0.25) is 15.7 Å². The van der Waals surface area contributed by atoms with Crippen LogP contribution in [0, 0.1) is 5.41 Å². The molecule has 0 fully saturated rings. The van der Waals surface area contributed by atoms with Gasteiger partial charge >= 0.3 is 0 Å². The normalized spacial score (nSPS) is 11.2. The van der Waals surface area contributed by atoms with Crippen LogP contribution in [0.4, 0.5) is 0 Å². The molecule has 0 saturated heterocycles. The lowest BCUT2D eigenvalue weighted by atomic mass is 10.5. The Hall–Kier alpha value is -0.860. The molecule has 0 unspecified atom stereocenters. The van der Waals surface area contributed by atoms with Crippen LogP contribution in [0.1, 0.15) is 6.42 Å². The zero-order valence-electron chi connectivity index (χ0n) is 7.33. The Morgan fingerprint density at radius 1 is 1.62 bits per heavy atom. The summed E-state index contributed by atoms with van der Waals surface area (Å²) in [6, 6.07) is 0. The smallest absolute Gasteiger partial charge is 0.202 e. The molecule has 0 aliphatic heterocycles. The van der Waals surface area contributed by atoms with Gasteiger partial charge in [0.1, 0.15) is 9.84 Å². The predicted molar refractivity (Wildman–Crippen MR) is 48.5 cm³/mol. The third kappa shape index (κ3) is 11.1. The first-order chi connectivity index (χ1) is 5.92. The molecule has 0 radical (unpaired) electrons. The van der Waals surface area contributed by atoms with Crippen molar-refractivity contribution < 1.29 is 13.3 Å². The molecule has 0 spiro atoms. The van der Waals surface area contributed by atoms with Gasteiger partial charge in [-0.1, -0.05) is 0 Å². The van der Waals surface area contributed by atoms with Crippen molar-refractivity contribution in [3.63, 3.8) is 0 Å². The van der Waals surface area contributed by atoms with Crippen LogP contribution < -0.4 is 16.7 Å². The van der Waals surface area contributed by atoms with E-state index in [-0.39, 0.29) is 18.3 Å². The molecule has 0 bridgehead atoms. The van der Waals surface area contributed by atoms with Gasteiger partial charge in [0, 0.05) is 6.26 Å². The van der Waals surface area contributed by atoms with Gasteiger partial charge in [-0.25, -0.2) is 8.42 Å². The minimum Gasteiger partial charge on any atom is -0.369 e. The van der Waals surface area contributed by atoms with Crippen LogP contribution in [-0.2, 0) is 14.7 Å². The first-order valence-electron chi connectivity index (χ1n) is 3.56. The highest BCUT2D eigenvalue weighted by Gasteiger charge is 2.00. The summed E-state index contributed by atoms with van der Waals surface area (Å²) in [5.74, 6) is -0.197. The molecule has 0 aromatic heterocycles. The van der Waals surface area contributed by atoms with Crippen molar-refractivity contribution in [2.75, 3.05) is 18.6 Å². The Morgan fingerprint density at radius 3 is 2.69 bits per heavy atom. The molecule has 78 valence electrons. The number of hydrogen-bond donors (Lipinski definition) is 4. The predicted octanol–water partition coefficient (Wildman–Crippen LogP) is -1.66. The van der Waals surface area contributed by atoms with E-state index in [1.807, 2.05) is 0 Å². The van der Waals surface area contributed by atoms with Crippen molar-refractivity contribution in [1.82, 2.24) is 11.0 Å². The van der Waals surface area contributed by atoms with Crippen molar-refractivity contribution in [3.05, 3.63) is 0 Å². The number of sulfone groups is 1. The molecule has 13 heavy (non-hydrogen) atoms. The third-order valence-corrected chi connectivity index (χ3v) is 2.05. The van der Waals surface area contributed by atoms with Gasteiger partial charge in [0.2, 0.25) is 5.96 Å². The standard InChI is InChI=1S/C5H14N4O3S/c1-13(10,11)4-2-3-12-9-8-5(6)7/h9H,2-4H2,1H3,(H4,6,7,8). The van der Waals surface area contributed by atoms with Crippen LogP contribution >= 0.6 is 0 Å². The number of guanidine groups is 1. The molecular weight excluding hydrogens is 196 g/mol. The second-order valence-corrected chi connectivity index (χ2v) is 4.73. The molecule has 0 aromatic rings. The lowest BCUT2D eigenvalue weighted by Crippen LogP contribution is -2.41. The van der Waals surface area contributed by atoms with E-state index < -0.39 is 9.84 Å². The number of rotatable bonds is 6. The molecule has 0 heterocycles. The van der Waals surface area contributed by atoms with E-state index >= 15 is 0 Å². The Balaban J connectivity index is 3.23. The largest absolute Gasteiger partial charge is 0.369 e. The molecule has 0 amide bonds. The zero-order chi connectivity index (χ0) is 10.3. The van der Waals surface area contributed by atoms with Crippen LogP contribution in [0.25, 0.3) is 0 Å². The molecule has 7 nitrogen and oxygen atoms in total. The van der Waals surface area contributed by atoms with E-state index in [1.54, 1.807) is 0 Å². The third-order valence-electron chi connectivity index (χ3n) is 1.02. The summed E-state index contributed by atoms with van der Waals surface area (Å²) in [4.78, 5) is 4.69. The van der Waals surface area contributed by atoms with Gasteiger partial charge in [0.05, 0.1) is 12.4 Å². The highest BCUT2D eigenvalue weighted by atomic mass is 32.2. The van der Waals surface area contributed by atoms with E-state index in [0.717, 1.165) is 6.26 Å². The van der Waals surface area contributed by atoms with Gasteiger partial charge < -0.3 is 5.73 Å². The maximum Gasteiger partial charge on any atom is 0.202 e. The molecule has 0 aliphatic rings. The van der Waals surface area contributed by atoms with E-state index in [0.29, 0.717) is 6.42 Å². The Bertz CT molecular complexity index is 251. The van der Waals surface area contributed by atoms with E-state index in [1.165, 1.54) is 0 Å². The van der Waals surface area contributed by atoms with Gasteiger partial charge in [0.15, 0.2) is 0 Å². The summed E-state index contributed by atoms with van der Waals surface area (Å²) in [5.41, 5.74) is 9.27. The lowest BCUT2D eigenvalue weighted by molar-refractivity contribution is 0.0257.